The molecule has 5 nitrogen and oxygen atoms in total. The van der Waals surface area contributed by atoms with E-state index in [2.05, 4.69) is 15.0 Å². The Hall–Kier alpha value is -1.91. The number of hydrogen-bond donors (Lipinski definition) is 2. The van der Waals surface area contributed by atoms with Crippen molar-refractivity contribution >= 4 is 16.7 Å². The van der Waals surface area contributed by atoms with E-state index in [4.69, 9.17) is 5.73 Å². The second kappa shape index (κ2) is 2.30. The highest BCUT2D eigenvalue weighted by atomic mass is 16.1. The van der Waals surface area contributed by atoms with Crippen molar-refractivity contribution in [3.8, 4) is 0 Å². The van der Waals surface area contributed by atoms with Crippen LogP contribution in [0.25, 0.3) is 10.9 Å². The monoisotopic (exact) mass is 162 g/mol. The molecule has 0 unspecified atom stereocenters. The summed E-state index contributed by atoms with van der Waals surface area (Å²) >= 11 is 0. The van der Waals surface area contributed by atoms with Crippen molar-refractivity contribution in [2.75, 3.05) is 5.73 Å². The van der Waals surface area contributed by atoms with Gasteiger partial charge < -0.3 is 10.7 Å². The number of nitrogens with one attached hydrogen (secondary N) is 1. The molecule has 5 heteroatoms. The van der Waals surface area contributed by atoms with Crippen molar-refractivity contribution in [3.05, 3.63) is 28.9 Å². The molecule has 0 atom stereocenters. The molecule has 0 saturated carbocycles. The number of rotatable bonds is 0. The van der Waals surface area contributed by atoms with Crippen LogP contribution in [0.1, 0.15) is 0 Å². The van der Waals surface area contributed by atoms with Crippen molar-refractivity contribution in [1.29, 1.82) is 0 Å². The summed E-state index contributed by atoms with van der Waals surface area (Å²) < 4.78 is 0. The average Bonchev–Trinajstić information content (AvgIpc) is 2.04. The summed E-state index contributed by atoms with van der Waals surface area (Å²) in [5.74, 6) is 0.362. The highest BCUT2D eigenvalue weighted by Crippen LogP contribution is 2.06. The van der Waals surface area contributed by atoms with E-state index >= 15 is 0 Å². The van der Waals surface area contributed by atoms with Crippen molar-refractivity contribution in [2.45, 2.75) is 0 Å². The molecule has 12 heavy (non-hydrogen) atoms. The van der Waals surface area contributed by atoms with E-state index in [9.17, 15) is 4.79 Å². The Kier molecular flexibility index (Phi) is 1.30. The van der Waals surface area contributed by atoms with Crippen LogP contribution in [0.4, 0.5) is 5.82 Å². The van der Waals surface area contributed by atoms with Gasteiger partial charge in [-0.1, -0.05) is 0 Å². The van der Waals surface area contributed by atoms with Gasteiger partial charge in [0.1, 0.15) is 5.82 Å². The van der Waals surface area contributed by atoms with E-state index in [0.29, 0.717) is 16.7 Å². The van der Waals surface area contributed by atoms with Crippen LogP contribution >= 0.6 is 0 Å². The number of aromatic nitrogens is 3. The third-order valence-electron chi connectivity index (χ3n) is 1.55. The molecule has 0 aromatic carbocycles. The van der Waals surface area contributed by atoms with Crippen molar-refractivity contribution in [1.82, 2.24) is 15.0 Å². The molecular formula is C7H6N4O. The Balaban J connectivity index is 2.96. The van der Waals surface area contributed by atoms with Crippen LogP contribution in [0.15, 0.2) is 23.4 Å². The molecule has 0 saturated heterocycles. The summed E-state index contributed by atoms with van der Waals surface area (Å²) in [4.78, 5) is 21.3. The second-order valence-electron chi connectivity index (χ2n) is 2.36. The number of anilines is 1. The van der Waals surface area contributed by atoms with Crippen LogP contribution in [0.2, 0.25) is 0 Å². The lowest BCUT2D eigenvalue weighted by molar-refractivity contribution is 1.16. The Bertz CT molecular complexity index is 476. The molecule has 0 aliphatic rings. The van der Waals surface area contributed by atoms with Crippen molar-refractivity contribution < 1.29 is 0 Å². The summed E-state index contributed by atoms with van der Waals surface area (Å²) in [5, 5.41) is 0.451. The van der Waals surface area contributed by atoms with Gasteiger partial charge in [-0.25, -0.2) is 9.97 Å². The third kappa shape index (κ3) is 0.914. The van der Waals surface area contributed by atoms with Crippen LogP contribution in [0.3, 0.4) is 0 Å². The number of fused-ring (bicyclic) bond motifs is 1. The van der Waals surface area contributed by atoms with Gasteiger partial charge in [0.05, 0.1) is 17.2 Å². The van der Waals surface area contributed by atoms with Crippen molar-refractivity contribution in [3.63, 3.8) is 0 Å². The molecule has 3 N–H and O–H groups in total. The average molecular weight is 162 g/mol. The van der Waals surface area contributed by atoms with Gasteiger partial charge >= 0.3 is 0 Å². The third-order valence-corrected chi connectivity index (χ3v) is 1.55. The molecule has 0 amide bonds. The first-order chi connectivity index (χ1) is 5.77. The quantitative estimate of drug-likeness (QED) is 0.566. The highest BCUT2D eigenvalue weighted by molar-refractivity contribution is 5.78. The number of hydrogen-bond acceptors (Lipinski definition) is 4. The molecule has 0 aliphatic carbocycles. The molecule has 60 valence electrons. The molecule has 2 aromatic rings. The maximum absolute atomic E-state index is 11.1. The van der Waals surface area contributed by atoms with Crippen LogP contribution in [-0.2, 0) is 0 Å². The van der Waals surface area contributed by atoms with E-state index in [-0.39, 0.29) is 5.56 Å². The number of pyridine rings is 1. The Morgan fingerprint density at radius 2 is 2.25 bits per heavy atom. The van der Waals surface area contributed by atoms with Gasteiger partial charge in [0.25, 0.3) is 5.56 Å². The van der Waals surface area contributed by atoms with E-state index in [1.165, 1.54) is 12.5 Å². The minimum Gasteiger partial charge on any atom is -0.384 e. The van der Waals surface area contributed by atoms with E-state index in [1.807, 2.05) is 0 Å². The van der Waals surface area contributed by atoms with Gasteiger partial charge in [0.2, 0.25) is 0 Å². The van der Waals surface area contributed by atoms with Crippen LogP contribution in [0, 0.1) is 0 Å². The zero-order chi connectivity index (χ0) is 8.55. The number of nitrogen functional groups attached to an aromatic ring is 1. The van der Waals surface area contributed by atoms with Gasteiger partial charge in [0, 0.05) is 12.3 Å². The van der Waals surface area contributed by atoms with Gasteiger partial charge in [-0.3, -0.25) is 4.79 Å². The zero-order valence-corrected chi connectivity index (χ0v) is 6.11. The highest BCUT2D eigenvalue weighted by Gasteiger charge is 1.98. The summed E-state index contributed by atoms with van der Waals surface area (Å²) in [5.41, 5.74) is 5.77. The molecule has 0 bridgehead atoms. The van der Waals surface area contributed by atoms with E-state index < -0.39 is 0 Å². The normalized spacial score (nSPS) is 10.3. The summed E-state index contributed by atoms with van der Waals surface area (Å²) in [7, 11) is 0. The largest absolute Gasteiger partial charge is 0.384 e. The second-order valence-corrected chi connectivity index (χ2v) is 2.36. The molecule has 2 rings (SSSR count). The van der Waals surface area contributed by atoms with Crippen LogP contribution < -0.4 is 11.3 Å². The lowest BCUT2D eigenvalue weighted by atomic mass is 10.3. The Morgan fingerprint density at radius 1 is 1.42 bits per heavy atom. The van der Waals surface area contributed by atoms with Gasteiger partial charge in [0.15, 0.2) is 0 Å². The lowest BCUT2D eigenvalue weighted by Crippen LogP contribution is -2.06. The minimum atomic E-state index is -0.201. The molecule has 0 spiro atoms. The number of nitrogens with two attached hydrogens (primary N) is 1. The first kappa shape index (κ1) is 6.78. The topological polar surface area (TPSA) is 84.7 Å². The van der Waals surface area contributed by atoms with E-state index in [1.54, 1.807) is 6.07 Å². The predicted octanol–water partition coefficient (Wildman–Crippen LogP) is -0.0997. The first-order valence-corrected chi connectivity index (χ1v) is 3.36. The Morgan fingerprint density at radius 3 is 3.08 bits per heavy atom. The molecule has 0 radical (unpaired) electrons. The predicted molar refractivity (Wildman–Crippen MR) is 44.6 cm³/mol. The number of aromatic amines is 1. The van der Waals surface area contributed by atoms with Crippen LogP contribution in [-0.4, -0.2) is 15.0 Å². The molecule has 2 aromatic heterocycles. The van der Waals surface area contributed by atoms with Gasteiger partial charge in [-0.05, 0) is 0 Å². The maximum Gasteiger partial charge on any atom is 0.260 e. The SMILES string of the molecule is Nc1cc2nc[nH]c(=O)c2cn1. The van der Waals surface area contributed by atoms with Gasteiger partial charge in [-0.15, -0.1) is 0 Å². The Labute approximate surface area is 67.3 Å². The summed E-state index contributed by atoms with van der Waals surface area (Å²) in [6, 6.07) is 1.56. The van der Waals surface area contributed by atoms with E-state index in [0.717, 1.165) is 0 Å². The number of H-pyrrole nitrogens is 1. The zero-order valence-electron chi connectivity index (χ0n) is 6.11. The summed E-state index contributed by atoms with van der Waals surface area (Å²) in [6.45, 7) is 0. The molecule has 2 heterocycles. The van der Waals surface area contributed by atoms with Gasteiger partial charge in [-0.2, -0.15) is 0 Å². The fourth-order valence-electron chi connectivity index (χ4n) is 0.980. The smallest absolute Gasteiger partial charge is 0.260 e. The van der Waals surface area contributed by atoms with Crippen LogP contribution in [0.5, 0.6) is 0 Å². The standard InChI is InChI=1S/C7H6N4O/c8-6-1-5-4(2-9-6)7(12)11-3-10-5/h1-3H,(H2,8,9)(H,10,11,12). The van der Waals surface area contributed by atoms with Crippen molar-refractivity contribution in [2.24, 2.45) is 0 Å². The number of nitrogens with zero attached hydrogens (tertiary/aromatic N) is 2. The molecular weight excluding hydrogens is 156 g/mol. The molecule has 0 fully saturated rings. The first-order valence-electron chi connectivity index (χ1n) is 3.36. The fraction of sp³-hybridized carbons (Fsp3) is 0. The summed E-state index contributed by atoms with van der Waals surface area (Å²) in [6.07, 6.45) is 2.75. The fourth-order valence-corrected chi connectivity index (χ4v) is 0.980. The minimum absolute atomic E-state index is 0.201. The maximum atomic E-state index is 11.1. The molecule has 0 aliphatic heterocycles. The lowest BCUT2D eigenvalue weighted by Gasteiger charge is -1.94.